The van der Waals surface area contributed by atoms with Crippen LogP contribution in [0.5, 0.6) is 0 Å². The number of hydrogen-bond donors (Lipinski definition) is 1. The molecule has 0 radical (unpaired) electrons. The van der Waals surface area contributed by atoms with Crippen molar-refractivity contribution >= 4 is 15.7 Å². The molecule has 2 aliphatic rings. The molecule has 1 amide bonds. The van der Waals surface area contributed by atoms with Gasteiger partial charge in [0.25, 0.3) is 0 Å². The van der Waals surface area contributed by atoms with E-state index >= 15 is 0 Å². The Balaban J connectivity index is 1.60. The number of ether oxygens (including phenoxy) is 1. The number of alkyl halides is 3. The number of hydrogen-bond acceptors (Lipinski definition) is 4. The van der Waals surface area contributed by atoms with Crippen molar-refractivity contribution < 1.29 is 31.1 Å². The van der Waals surface area contributed by atoms with Crippen LogP contribution in [-0.4, -0.2) is 38.8 Å². The summed E-state index contributed by atoms with van der Waals surface area (Å²) in [6.07, 6.45) is -1.59. The Morgan fingerprint density at radius 3 is 2.29 bits per heavy atom. The Morgan fingerprint density at radius 2 is 1.68 bits per heavy atom. The number of halogens is 3. The lowest BCUT2D eigenvalue weighted by atomic mass is 9.93. The van der Waals surface area contributed by atoms with E-state index in [0.29, 0.717) is 57.8 Å². The highest BCUT2D eigenvalue weighted by Crippen LogP contribution is 2.34. The fourth-order valence-electron chi connectivity index (χ4n) is 3.84. The Hall–Kier alpha value is -1.61. The van der Waals surface area contributed by atoms with E-state index in [2.05, 4.69) is 5.32 Å². The summed E-state index contributed by atoms with van der Waals surface area (Å²) in [6, 6.07) is 3.80. The Kier molecular flexibility index (Phi) is 6.34. The van der Waals surface area contributed by atoms with Crippen molar-refractivity contribution in [1.82, 2.24) is 5.32 Å². The van der Waals surface area contributed by atoms with Gasteiger partial charge < -0.3 is 10.1 Å². The minimum absolute atomic E-state index is 0.0208. The van der Waals surface area contributed by atoms with E-state index in [-0.39, 0.29) is 22.8 Å². The van der Waals surface area contributed by atoms with Gasteiger partial charge in [-0.3, -0.25) is 4.79 Å². The number of rotatable bonds is 4. The van der Waals surface area contributed by atoms with Crippen molar-refractivity contribution in [3.63, 3.8) is 0 Å². The summed E-state index contributed by atoms with van der Waals surface area (Å²) < 4.78 is 69.4. The molecule has 0 atom stereocenters. The van der Waals surface area contributed by atoms with Gasteiger partial charge in [-0.25, -0.2) is 8.42 Å². The second-order valence-electron chi connectivity index (χ2n) is 7.44. The fourth-order valence-corrected chi connectivity index (χ4v) is 5.68. The molecule has 3 rings (SSSR count). The maximum Gasteiger partial charge on any atom is 0.416 e. The van der Waals surface area contributed by atoms with Crippen LogP contribution in [0.1, 0.15) is 44.1 Å². The third-order valence-corrected chi connectivity index (χ3v) is 7.80. The highest BCUT2D eigenvalue weighted by Gasteiger charge is 2.36. The van der Waals surface area contributed by atoms with Crippen molar-refractivity contribution in [2.24, 2.45) is 5.92 Å². The Labute approximate surface area is 162 Å². The van der Waals surface area contributed by atoms with E-state index in [4.69, 9.17) is 4.74 Å². The predicted octanol–water partition coefficient (Wildman–Crippen LogP) is 3.33. The summed E-state index contributed by atoms with van der Waals surface area (Å²) in [4.78, 5) is 12.0. The van der Waals surface area contributed by atoms with Crippen LogP contribution in [0.15, 0.2) is 29.2 Å². The van der Waals surface area contributed by atoms with Gasteiger partial charge in [0.15, 0.2) is 9.84 Å². The molecule has 1 aliphatic heterocycles. The molecular weight excluding hydrogens is 395 g/mol. The minimum atomic E-state index is -4.59. The predicted molar refractivity (Wildman–Crippen MR) is 96.4 cm³/mol. The number of carbonyl (C=O) groups excluding carboxylic acids is 1. The van der Waals surface area contributed by atoms with Crippen LogP contribution in [-0.2, 0) is 25.5 Å². The molecule has 9 heteroatoms. The van der Waals surface area contributed by atoms with E-state index in [0.717, 1.165) is 12.1 Å². The molecule has 0 aromatic heterocycles. The second kappa shape index (κ2) is 8.41. The van der Waals surface area contributed by atoms with Crippen molar-refractivity contribution in [3.05, 3.63) is 29.8 Å². The number of amides is 1. The monoisotopic (exact) mass is 419 g/mol. The molecule has 1 aliphatic carbocycles. The highest BCUT2D eigenvalue weighted by molar-refractivity contribution is 7.92. The quantitative estimate of drug-likeness (QED) is 0.813. The van der Waals surface area contributed by atoms with Crippen LogP contribution in [0, 0.1) is 5.92 Å². The van der Waals surface area contributed by atoms with Crippen LogP contribution < -0.4 is 5.32 Å². The molecule has 156 valence electrons. The number of nitrogens with one attached hydrogen (secondary N) is 1. The zero-order valence-electron chi connectivity index (χ0n) is 15.4. The molecule has 1 saturated heterocycles. The van der Waals surface area contributed by atoms with Crippen molar-refractivity contribution in [1.29, 1.82) is 0 Å². The normalized spacial score (nSPS) is 24.7. The van der Waals surface area contributed by atoms with Gasteiger partial charge in [-0.1, -0.05) is 6.07 Å². The van der Waals surface area contributed by atoms with Crippen molar-refractivity contribution in [2.75, 3.05) is 13.2 Å². The van der Waals surface area contributed by atoms with Crippen LogP contribution >= 0.6 is 0 Å². The summed E-state index contributed by atoms with van der Waals surface area (Å²) in [6.45, 7) is 1.14. The lowest BCUT2D eigenvalue weighted by Gasteiger charge is -2.31. The maximum atomic E-state index is 12.9. The fraction of sp³-hybridized carbons (Fsp3) is 0.632. The Bertz CT molecular complexity index is 796. The van der Waals surface area contributed by atoms with Gasteiger partial charge in [-0.05, 0) is 56.7 Å². The lowest BCUT2D eigenvalue weighted by molar-refractivity contribution is -0.137. The Morgan fingerprint density at radius 1 is 1.04 bits per heavy atom. The first-order valence-corrected chi connectivity index (χ1v) is 11.0. The topological polar surface area (TPSA) is 72.5 Å². The molecule has 1 heterocycles. The van der Waals surface area contributed by atoms with Gasteiger partial charge in [0.2, 0.25) is 5.91 Å². The average molecular weight is 419 g/mol. The maximum absolute atomic E-state index is 12.9. The van der Waals surface area contributed by atoms with Gasteiger partial charge in [0.05, 0.1) is 15.7 Å². The first-order chi connectivity index (χ1) is 13.2. The molecule has 0 unspecified atom stereocenters. The van der Waals surface area contributed by atoms with E-state index in [1.165, 1.54) is 6.07 Å². The van der Waals surface area contributed by atoms with Crippen LogP contribution in [0.3, 0.4) is 0 Å². The van der Waals surface area contributed by atoms with E-state index in [1.807, 2.05) is 0 Å². The SMILES string of the molecule is O=C(N[C@H]1CC[C@@H](S(=O)(=O)c2cccc(C(F)(F)F)c2)CC1)C1CCOCC1. The first-order valence-electron chi connectivity index (χ1n) is 9.47. The molecule has 0 spiro atoms. The van der Waals surface area contributed by atoms with Gasteiger partial charge in [0.1, 0.15) is 0 Å². The molecule has 1 aromatic carbocycles. The summed E-state index contributed by atoms with van der Waals surface area (Å²) in [5.74, 6) is -0.0900. The lowest BCUT2D eigenvalue weighted by Crippen LogP contribution is -2.43. The molecular formula is C19H24F3NO4S. The molecule has 0 bridgehead atoms. The largest absolute Gasteiger partial charge is 0.416 e. The summed E-state index contributed by atoms with van der Waals surface area (Å²) in [7, 11) is -3.85. The van der Waals surface area contributed by atoms with Gasteiger partial charge in [0, 0.05) is 25.2 Å². The zero-order chi connectivity index (χ0) is 20.4. The molecule has 28 heavy (non-hydrogen) atoms. The smallest absolute Gasteiger partial charge is 0.381 e. The standard InChI is InChI=1S/C19H24F3NO4S/c20-19(21,22)14-2-1-3-17(12-14)28(25,26)16-6-4-15(5-7-16)23-18(24)13-8-10-27-11-9-13/h1-3,12-13,15-16H,4-11H2,(H,23,24)/t15-,16+. The molecule has 2 fully saturated rings. The molecule has 1 N–H and O–H groups in total. The van der Waals surface area contributed by atoms with E-state index < -0.39 is 26.8 Å². The average Bonchev–Trinajstić information content (AvgIpc) is 2.68. The molecule has 1 aromatic rings. The first kappa shape index (κ1) is 21.1. The van der Waals surface area contributed by atoms with Crippen LogP contribution in [0.25, 0.3) is 0 Å². The minimum Gasteiger partial charge on any atom is -0.381 e. The second-order valence-corrected chi connectivity index (χ2v) is 9.67. The summed E-state index contributed by atoms with van der Waals surface area (Å²) in [5.41, 5.74) is -0.967. The number of carbonyl (C=O) groups is 1. The highest BCUT2D eigenvalue weighted by atomic mass is 32.2. The van der Waals surface area contributed by atoms with Crippen molar-refractivity contribution in [2.45, 2.75) is 60.9 Å². The van der Waals surface area contributed by atoms with E-state index in [9.17, 15) is 26.4 Å². The summed E-state index contributed by atoms with van der Waals surface area (Å²) >= 11 is 0. The van der Waals surface area contributed by atoms with Gasteiger partial charge >= 0.3 is 6.18 Å². The molecule has 5 nitrogen and oxygen atoms in total. The molecule has 1 saturated carbocycles. The third kappa shape index (κ3) is 4.86. The van der Waals surface area contributed by atoms with Crippen molar-refractivity contribution in [3.8, 4) is 0 Å². The third-order valence-electron chi connectivity index (χ3n) is 5.54. The van der Waals surface area contributed by atoms with Crippen LogP contribution in [0.4, 0.5) is 13.2 Å². The number of benzene rings is 1. The van der Waals surface area contributed by atoms with Gasteiger partial charge in [-0.15, -0.1) is 0 Å². The zero-order valence-corrected chi connectivity index (χ0v) is 16.2. The van der Waals surface area contributed by atoms with Gasteiger partial charge in [-0.2, -0.15) is 13.2 Å². The summed E-state index contributed by atoms with van der Waals surface area (Å²) in [5, 5.41) is 2.26. The van der Waals surface area contributed by atoms with E-state index in [1.54, 1.807) is 0 Å². The van der Waals surface area contributed by atoms with Crippen LogP contribution in [0.2, 0.25) is 0 Å². The number of sulfone groups is 1.